The Kier molecular flexibility index (Phi) is 3.94. The molecule has 0 atom stereocenters. The van der Waals surface area contributed by atoms with Gasteiger partial charge in [0.15, 0.2) is 6.61 Å². The van der Waals surface area contributed by atoms with Gasteiger partial charge in [-0.15, -0.1) is 0 Å². The van der Waals surface area contributed by atoms with Gasteiger partial charge in [-0.2, -0.15) is 0 Å². The third kappa shape index (κ3) is 2.74. The van der Waals surface area contributed by atoms with E-state index in [2.05, 4.69) is 5.32 Å². The van der Waals surface area contributed by atoms with Crippen molar-refractivity contribution in [1.29, 1.82) is 0 Å². The second-order valence-electron chi connectivity index (χ2n) is 2.73. The minimum absolute atomic E-state index is 0.324. The van der Waals surface area contributed by atoms with Crippen molar-refractivity contribution in [3.63, 3.8) is 0 Å². The molecule has 4 nitrogen and oxygen atoms in total. The molecule has 4 heteroatoms. The second-order valence-corrected chi connectivity index (χ2v) is 2.73. The van der Waals surface area contributed by atoms with Crippen LogP contribution in [0.4, 0.5) is 0 Å². The van der Waals surface area contributed by atoms with Gasteiger partial charge < -0.3 is 10.1 Å². The molecule has 75 valence electrons. The zero-order valence-electron chi connectivity index (χ0n) is 7.95. The Morgan fingerprint density at radius 3 is 2.79 bits per heavy atom. The summed E-state index contributed by atoms with van der Waals surface area (Å²) < 4.78 is 5.08. The summed E-state index contributed by atoms with van der Waals surface area (Å²) in [7, 11) is 1.56. The van der Waals surface area contributed by atoms with E-state index in [4.69, 9.17) is 4.74 Å². The fourth-order valence-corrected chi connectivity index (χ4v) is 1.09. The lowest BCUT2D eigenvalue weighted by atomic mass is 10.2. The quantitative estimate of drug-likeness (QED) is 0.768. The summed E-state index contributed by atoms with van der Waals surface area (Å²) in [6.45, 7) is -0.416. The van der Waals surface area contributed by atoms with Crippen molar-refractivity contribution in [2.75, 3.05) is 13.7 Å². The summed E-state index contributed by atoms with van der Waals surface area (Å²) in [4.78, 5) is 10.7. The molecule has 1 amide bonds. The van der Waals surface area contributed by atoms with E-state index in [1.54, 1.807) is 13.2 Å². The number of amides is 1. The van der Waals surface area contributed by atoms with Crippen LogP contribution in [0.5, 0.6) is 5.75 Å². The average molecular weight is 194 g/mol. The maximum Gasteiger partial charge on any atom is 0.249 e. The lowest BCUT2D eigenvalue weighted by Gasteiger charge is -2.08. The minimum atomic E-state index is -0.741. The molecular weight excluding hydrogens is 182 g/mol. The molecule has 0 heterocycles. The number of methoxy groups -OCH3 is 1. The Bertz CT molecular complexity index is 312. The molecule has 14 heavy (non-hydrogen) atoms. The molecule has 0 aliphatic carbocycles. The monoisotopic (exact) mass is 194 g/mol. The standard InChI is InChI=1S/C10H12NO3/c1-14-9-5-3-2-4-8(9)6-11-10(13)7-12/h2-5H,6-7H2,1H3,(H,11,13). The molecule has 0 saturated carbocycles. The van der Waals surface area contributed by atoms with Gasteiger partial charge in [0.05, 0.1) is 7.11 Å². The van der Waals surface area contributed by atoms with Crippen LogP contribution in [0.2, 0.25) is 0 Å². The van der Waals surface area contributed by atoms with Gasteiger partial charge in [-0.1, -0.05) is 18.2 Å². The molecule has 0 fully saturated rings. The lowest BCUT2D eigenvalue weighted by molar-refractivity contribution is -0.125. The summed E-state index contributed by atoms with van der Waals surface area (Å²) in [5.41, 5.74) is 0.858. The van der Waals surface area contributed by atoms with Crippen LogP contribution in [0, 0.1) is 0 Å². The van der Waals surface area contributed by atoms with E-state index in [0.717, 1.165) is 5.56 Å². The van der Waals surface area contributed by atoms with Crippen LogP contribution in [-0.4, -0.2) is 19.6 Å². The predicted octanol–water partition coefficient (Wildman–Crippen LogP) is 0.742. The predicted molar refractivity (Wildman–Crippen MR) is 50.4 cm³/mol. The highest BCUT2D eigenvalue weighted by atomic mass is 16.5. The van der Waals surface area contributed by atoms with E-state index in [0.29, 0.717) is 12.3 Å². The van der Waals surface area contributed by atoms with Crippen LogP contribution in [-0.2, 0) is 16.4 Å². The summed E-state index contributed by atoms with van der Waals surface area (Å²) in [6.07, 6.45) is 0. The molecule has 0 bridgehead atoms. The Morgan fingerprint density at radius 1 is 1.43 bits per heavy atom. The first kappa shape index (κ1) is 10.5. The fourth-order valence-electron chi connectivity index (χ4n) is 1.09. The number of ether oxygens (including phenoxy) is 1. The number of hydrogen-bond acceptors (Lipinski definition) is 2. The fraction of sp³-hybridized carbons (Fsp3) is 0.300. The highest BCUT2D eigenvalue weighted by molar-refractivity contribution is 5.76. The number of nitrogens with one attached hydrogen (secondary N) is 1. The van der Waals surface area contributed by atoms with Gasteiger partial charge in [0.25, 0.3) is 0 Å². The third-order valence-electron chi connectivity index (χ3n) is 1.80. The maximum absolute atomic E-state index is 10.7. The number of benzene rings is 1. The highest BCUT2D eigenvalue weighted by Crippen LogP contribution is 2.16. The van der Waals surface area contributed by atoms with E-state index in [-0.39, 0.29) is 0 Å². The van der Waals surface area contributed by atoms with Crippen LogP contribution in [0.1, 0.15) is 5.56 Å². The summed E-state index contributed by atoms with van der Waals surface area (Å²) in [5, 5.41) is 12.7. The Morgan fingerprint density at radius 2 is 2.14 bits per heavy atom. The molecule has 0 aliphatic heterocycles. The van der Waals surface area contributed by atoms with Crippen LogP contribution in [0.15, 0.2) is 24.3 Å². The molecule has 1 N–H and O–H groups in total. The SMILES string of the molecule is COc1ccccc1CNC(=O)C[O]. The highest BCUT2D eigenvalue weighted by Gasteiger charge is 2.03. The van der Waals surface area contributed by atoms with Gasteiger partial charge in [-0.25, -0.2) is 5.11 Å². The van der Waals surface area contributed by atoms with Crippen molar-refractivity contribution in [3.8, 4) is 5.75 Å². The molecule has 0 saturated heterocycles. The number of hydrogen-bond donors (Lipinski definition) is 1. The van der Waals surface area contributed by atoms with Crippen molar-refractivity contribution in [3.05, 3.63) is 29.8 Å². The van der Waals surface area contributed by atoms with Crippen molar-refractivity contribution in [2.24, 2.45) is 0 Å². The molecule has 0 unspecified atom stereocenters. The number of carbonyl (C=O) groups excluding carboxylic acids is 1. The lowest BCUT2D eigenvalue weighted by Crippen LogP contribution is -2.25. The first-order valence-electron chi connectivity index (χ1n) is 4.24. The number of rotatable bonds is 4. The van der Waals surface area contributed by atoms with E-state index < -0.39 is 12.5 Å². The first-order valence-corrected chi connectivity index (χ1v) is 4.24. The zero-order chi connectivity index (χ0) is 10.4. The molecule has 1 aromatic carbocycles. The van der Waals surface area contributed by atoms with E-state index in [1.807, 2.05) is 18.2 Å². The molecule has 0 spiro atoms. The average Bonchev–Trinajstić information content (AvgIpc) is 2.26. The van der Waals surface area contributed by atoms with E-state index >= 15 is 0 Å². The Hall–Kier alpha value is -1.55. The molecule has 1 rings (SSSR count). The number of carbonyl (C=O) groups is 1. The summed E-state index contributed by atoms with van der Waals surface area (Å²) in [5.74, 6) is 0.203. The second kappa shape index (κ2) is 5.24. The summed E-state index contributed by atoms with van der Waals surface area (Å²) in [6, 6.07) is 7.33. The smallest absolute Gasteiger partial charge is 0.249 e. The molecular formula is C10H12NO3. The van der Waals surface area contributed by atoms with Crippen molar-refractivity contribution < 1.29 is 14.6 Å². The van der Waals surface area contributed by atoms with Crippen LogP contribution < -0.4 is 10.1 Å². The zero-order valence-corrected chi connectivity index (χ0v) is 7.95. The third-order valence-corrected chi connectivity index (χ3v) is 1.80. The van der Waals surface area contributed by atoms with Gasteiger partial charge in [0.1, 0.15) is 5.75 Å². The van der Waals surface area contributed by atoms with Crippen LogP contribution in [0.3, 0.4) is 0 Å². The Balaban J connectivity index is 2.61. The van der Waals surface area contributed by atoms with E-state index in [9.17, 15) is 9.90 Å². The van der Waals surface area contributed by atoms with Crippen LogP contribution >= 0.6 is 0 Å². The van der Waals surface area contributed by atoms with Crippen LogP contribution in [0.25, 0.3) is 0 Å². The van der Waals surface area contributed by atoms with Gasteiger partial charge in [-0.05, 0) is 6.07 Å². The molecule has 0 aromatic heterocycles. The largest absolute Gasteiger partial charge is 0.496 e. The molecule has 1 radical (unpaired) electrons. The van der Waals surface area contributed by atoms with Gasteiger partial charge in [0, 0.05) is 12.1 Å². The Labute approximate surface area is 82.5 Å². The van der Waals surface area contributed by atoms with Crippen molar-refractivity contribution >= 4 is 5.91 Å². The van der Waals surface area contributed by atoms with Gasteiger partial charge in [-0.3, -0.25) is 4.79 Å². The van der Waals surface area contributed by atoms with Gasteiger partial charge in [0.2, 0.25) is 5.91 Å². The molecule has 1 aromatic rings. The van der Waals surface area contributed by atoms with Crippen molar-refractivity contribution in [1.82, 2.24) is 5.32 Å². The van der Waals surface area contributed by atoms with Crippen molar-refractivity contribution in [2.45, 2.75) is 6.54 Å². The first-order chi connectivity index (χ1) is 6.77. The normalized spacial score (nSPS) is 9.57. The van der Waals surface area contributed by atoms with Gasteiger partial charge >= 0.3 is 0 Å². The minimum Gasteiger partial charge on any atom is -0.496 e. The maximum atomic E-state index is 10.7. The topological polar surface area (TPSA) is 58.2 Å². The van der Waals surface area contributed by atoms with E-state index in [1.165, 1.54) is 0 Å². The summed E-state index contributed by atoms with van der Waals surface area (Å²) >= 11 is 0. The number of para-hydroxylation sites is 1. The molecule has 0 aliphatic rings.